The van der Waals surface area contributed by atoms with Gasteiger partial charge < -0.3 is 5.73 Å². The van der Waals surface area contributed by atoms with Gasteiger partial charge in [-0.05, 0) is 25.3 Å². The second kappa shape index (κ2) is 4.73. The first-order chi connectivity index (χ1) is 7.37. The van der Waals surface area contributed by atoms with Gasteiger partial charge in [-0.1, -0.05) is 6.07 Å². The molecule has 0 aromatic carbocycles. The van der Waals surface area contributed by atoms with Crippen LogP contribution in [0.1, 0.15) is 19.3 Å². The van der Waals surface area contributed by atoms with E-state index in [1.54, 1.807) is 0 Å². The molecule has 15 heavy (non-hydrogen) atoms. The predicted octanol–water partition coefficient (Wildman–Crippen LogP) is 1.53. The standard InChI is InChI=1S/C12H20N3/c13-7-11-15(9-4-1-5-10-15)12-6-2-3-8-14-12/h2-3,6,8H,1,4-5,7,9-11,13H2/q+1. The Morgan fingerprint density at radius 1 is 1.20 bits per heavy atom. The highest BCUT2D eigenvalue weighted by molar-refractivity contribution is 5.34. The lowest BCUT2D eigenvalue weighted by atomic mass is 10.1. The molecule has 0 bridgehead atoms. The summed E-state index contributed by atoms with van der Waals surface area (Å²) in [6.07, 6.45) is 5.85. The SMILES string of the molecule is NCC[N+]1(c2ccccn2)CCCCC1. The van der Waals surface area contributed by atoms with Gasteiger partial charge in [-0.15, -0.1) is 0 Å². The number of aromatic nitrogens is 1. The molecule has 0 unspecified atom stereocenters. The summed E-state index contributed by atoms with van der Waals surface area (Å²) in [5, 5.41) is 0. The fourth-order valence-electron chi connectivity index (χ4n) is 2.57. The molecule has 1 aromatic heterocycles. The van der Waals surface area contributed by atoms with Crippen molar-refractivity contribution in [2.45, 2.75) is 19.3 Å². The summed E-state index contributed by atoms with van der Waals surface area (Å²) >= 11 is 0. The summed E-state index contributed by atoms with van der Waals surface area (Å²) < 4.78 is 0.997. The van der Waals surface area contributed by atoms with Gasteiger partial charge in [-0.3, -0.25) is 4.48 Å². The van der Waals surface area contributed by atoms with Crippen LogP contribution in [0.4, 0.5) is 5.82 Å². The predicted molar refractivity (Wildman–Crippen MR) is 63.5 cm³/mol. The number of nitrogens with zero attached hydrogens (tertiary/aromatic N) is 2. The topological polar surface area (TPSA) is 38.9 Å². The van der Waals surface area contributed by atoms with Crippen LogP contribution >= 0.6 is 0 Å². The lowest BCUT2D eigenvalue weighted by molar-refractivity contribution is 0.228. The molecule has 1 saturated heterocycles. The van der Waals surface area contributed by atoms with Gasteiger partial charge in [0.15, 0.2) is 0 Å². The van der Waals surface area contributed by atoms with Crippen LogP contribution < -0.4 is 10.2 Å². The zero-order valence-electron chi connectivity index (χ0n) is 9.23. The second-order valence-corrected chi connectivity index (χ2v) is 4.35. The summed E-state index contributed by atoms with van der Waals surface area (Å²) in [5.74, 6) is 1.20. The van der Waals surface area contributed by atoms with Gasteiger partial charge in [-0.2, -0.15) is 0 Å². The average molecular weight is 206 g/mol. The molecule has 0 atom stereocenters. The number of hydrogen-bond donors (Lipinski definition) is 1. The number of rotatable bonds is 3. The van der Waals surface area contributed by atoms with E-state index in [2.05, 4.69) is 17.1 Å². The molecule has 1 aliphatic rings. The van der Waals surface area contributed by atoms with Gasteiger partial charge in [-0.25, -0.2) is 4.98 Å². The van der Waals surface area contributed by atoms with Gasteiger partial charge in [0.1, 0.15) is 0 Å². The molecular formula is C12H20N3+. The molecule has 2 heterocycles. The van der Waals surface area contributed by atoms with Crippen molar-refractivity contribution < 1.29 is 0 Å². The molecule has 0 aliphatic carbocycles. The van der Waals surface area contributed by atoms with E-state index in [-0.39, 0.29) is 0 Å². The fourth-order valence-corrected chi connectivity index (χ4v) is 2.57. The van der Waals surface area contributed by atoms with E-state index in [1.807, 2.05) is 12.3 Å². The minimum Gasteiger partial charge on any atom is -0.326 e. The first-order valence-corrected chi connectivity index (χ1v) is 5.85. The summed E-state index contributed by atoms with van der Waals surface area (Å²) in [4.78, 5) is 4.51. The number of piperidine rings is 1. The maximum Gasteiger partial charge on any atom is 0.227 e. The molecule has 82 valence electrons. The molecule has 0 amide bonds. The number of nitrogens with two attached hydrogens (primary N) is 1. The molecule has 2 rings (SSSR count). The first kappa shape index (κ1) is 10.6. The van der Waals surface area contributed by atoms with E-state index >= 15 is 0 Å². The van der Waals surface area contributed by atoms with Crippen LogP contribution in [0, 0.1) is 0 Å². The van der Waals surface area contributed by atoms with Gasteiger partial charge >= 0.3 is 0 Å². The van der Waals surface area contributed by atoms with Crippen LogP contribution in [0.25, 0.3) is 0 Å². The quantitative estimate of drug-likeness (QED) is 0.762. The van der Waals surface area contributed by atoms with Crippen molar-refractivity contribution in [1.82, 2.24) is 9.47 Å². The number of pyridine rings is 1. The minimum atomic E-state index is 0.747. The van der Waals surface area contributed by atoms with Crippen molar-refractivity contribution in [1.29, 1.82) is 0 Å². The van der Waals surface area contributed by atoms with E-state index in [4.69, 9.17) is 5.73 Å². The van der Waals surface area contributed by atoms with E-state index in [0.717, 1.165) is 17.6 Å². The zero-order chi connectivity index (χ0) is 10.6. The zero-order valence-corrected chi connectivity index (χ0v) is 9.23. The maximum absolute atomic E-state index is 5.74. The molecular weight excluding hydrogens is 186 g/mol. The highest BCUT2D eigenvalue weighted by atomic mass is 15.4. The molecule has 0 radical (unpaired) electrons. The minimum absolute atomic E-state index is 0.747. The summed E-state index contributed by atoms with van der Waals surface area (Å²) in [6.45, 7) is 4.18. The first-order valence-electron chi connectivity index (χ1n) is 5.85. The normalized spacial score (nSPS) is 20.1. The number of hydrogen-bond acceptors (Lipinski definition) is 2. The van der Waals surface area contributed by atoms with Crippen molar-refractivity contribution in [3.63, 3.8) is 0 Å². The Morgan fingerprint density at radius 3 is 2.60 bits per heavy atom. The Morgan fingerprint density at radius 2 is 2.00 bits per heavy atom. The third-order valence-corrected chi connectivity index (χ3v) is 3.36. The van der Waals surface area contributed by atoms with Crippen molar-refractivity contribution >= 4 is 5.82 Å². The number of quaternary nitrogens is 1. The Kier molecular flexibility index (Phi) is 3.34. The van der Waals surface area contributed by atoms with E-state index in [9.17, 15) is 0 Å². The van der Waals surface area contributed by atoms with Crippen LogP contribution in [-0.4, -0.2) is 31.2 Å². The van der Waals surface area contributed by atoms with Crippen LogP contribution in [-0.2, 0) is 0 Å². The monoisotopic (exact) mass is 206 g/mol. The molecule has 3 nitrogen and oxygen atoms in total. The Labute approximate surface area is 91.5 Å². The molecule has 1 aromatic rings. The van der Waals surface area contributed by atoms with Gasteiger partial charge in [0.2, 0.25) is 5.82 Å². The molecule has 0 saturated carbocycles. The Balaban J connectivity index is 2.25. The molecule has 1 fully saturated rings. The average Bonchev–Trinajstić information content (AvgIpc) is 2.32. The highest BCUT2D eigenvalue weighted by Gasteiger charge is 2.32. The molecule has 1 aliphatic heterocycles. The van der Waals surface area contributed by atoms with Crippen LogP contribution in [0.3, 0.4) is 0 Å². The van der Waals surface area contributed by atoms with Crippen LogP contribution in [0.2, 0.25) is 0 Å². The molecule has 2 N–H and O–H groups in total. The summed E-state index contributed by atoms with van der Waals surface area (Å²) in [7, 11) is 0. The third-order valence-electron chi connectivity index (χ3n) is 3.36. The van der Waals surface area contributed by atoms with E-state index < -0.39 is 0 Å². The molecule has 0 spiro atoms. The van der Waals surface area contributed by atoms with E-state index in [0.29, 0.717) is 0 Å². The smallest absolute Gasteiger partial charge is 0.227 e. The lowest BCUT2D eigenvalue weighted by Crippen LogP contribution is -2.55. The Bertz CT molecular complexity index is 285. The van der Waals surface area contributed by atoms with Crippen molar-refractivity contribution in [2.24, 2.45) is 5.73 Å². The summed E-state index contributed by atoms with van der Waals surface area (Å²) in [6, 6.07) is 6.20. The van der Waals surface area contributed by atoms with Crippen LogP contribution in [0.15, 0.2) is 24.4 Å². The van der Waals surface area contributed by atoms with Gasteiger partial charge in [0.05, 0.1) is 19.6 Å². The van der Waals surface area contributed by atoms with E-state index in [1.165, 1.54) is 38.2 Å². The maximum atomic E-state index is 5.74. The van der Waals surface area contributed by atoms with Gasteiger partial charge in [0, 0.05) is 18.8 Å². The second-order valence-electron chi connectivity index (χ2n) is 4.35. The van der Waals surface area contributed by atoms with Crippen molar-refractivity contribution in [3.8, 4) is 0 Å². The van der Waals surface area contributed by atoms with Crippen molar-refractivity contribution in [3.05, 3.63) is 24.4 Å². The molecule has 3 heteroatoms. The largest absolute Gasteiger partial charge is 0.326 e. The summed E-state index contributed by atoms with van der Waals surface area (Å²) in [5.41, 5.74) is 5.74. The highest BCUT2D eigenvalue weighted by Crippen LogP contribution is 2.25. The van der Waals surface area contributed by atoms with Gasteiger partial charge in [0.25, 0.3) is 0 Å². The fraction of sp³-hybridized carbons (Fsp3) is 0.583. The lowest BCUT2D eigenvalue weighted by Gasteiger charge is -2.39. The third kappa shape index (κ3) is 2.19. The Hall–Kier alpha value is -0.930. The van der Waals surface area contributed by atoms with Crippen molar-refractivity contribution in [2.75, 3.05) is 26.2 Å². The number of likely N-dealkylation sites (tertiary alicyclic amines) is 1. The van der Waals surface area contributed by atoms with Crippen LogP contribution in [0.5, 0.6) is 0 Å².